The van der Waals surface area contributed by atoms with E-state index >= 15 is 0 Å². The maximum Gasteiger partial charge on any atom is 0.209 e. The lowest BCUT2D eigenvalue weighted by Crippen LogP contribution is -2.02. The molecule has 4 nitrogen and oxygen atoms in total. The summed E-state index contributed by atoms with van der Waals surface area (Å²) >= 11 is 0. The summed E-state index contributed by atoms with van der Waals surface area (Å²) in [6.45, 7) is 4.08. The molecule has 96 valence electrons. The number of para-hydroxylation sites is 1. The second kappa shape index (κ2) is 4.39. The van der Waals surface area contributed by atoms with E-state index in [9.17, 15) is 0 Å². The van der Waals surface area contributed by atoms with E-state index in [1.807, 2.05) is 32.2 Å². The van der Waals surface area contributed by atoms with E-state index in [2.05, 4.69) is 45.0 Å². The Labute approximate surface area is 112 Å². The Bertz CT molecular complexity index is 729. The number of nitrogens with zero attached hydrogens (tertiary/aromatic N) is 3. The highest BCUT2D eigenvalue weighted by Gasteiger charge is 2.14. The van der Waals surface area contributed by atoms with Crippen molar-refractivity contribution in [3.05, 3.63) is 47.7 Å². The third-order valence-corrected chi connectivity index (χ3v) is 3.17. The van der Waals surface area contributed by atoms with E-state index in [0.29, 0.717) is 0 Å². The van der Waals surface area contributed by atoms with Crippen molar-refractivity contribution in [3.63, 3.8) is 0 Å². The largest absolute Gasteiger partial charge is 0.358 e. The van der Waals surface area contributed by atoms with Crippen molar-refractivity contribution >= 4 is 17.1 Å². The molecule has 0 unspecified atom stereocenters. The number of nitrogens with one attached hydrogen (secondary N) is 1. The van der Waals surface area contributed by atoms with E-state index in [1.54, 1.807) is 0 Å². The monoisotopic (exact) mass is 252 g/mol. The molecule has 0 aliphatic carbocycles. The number of aryl methyl sites for hydroxylation is 2. The van der Waals surface area contributed by atoms with Crippen LogP contribution in [0.15, 0.2) is 36.4 Å². The molecule has 2 heterocycles. The minimum absolute atomic E-state index is 0.808. The lowest BCUT2D eigenvalue weighted by atomic mass is 10.2. The van der Waals surface area contributed by atoms with Gasteiger partial charge in [0.25, 0.3) is 0 Å². The molecule has 0 bridgehead atoms. The molecule has 4 heteroatoms. The van der Waals surface area contributed by atoms with E-state index in [4.69, 9.17) is 0 Å². The molecular formula is C15H16N4. The smallest absolute Gasteiger partial charge is 0.209 e. The van der Waals surface area contributed by atoms with Gasteiger partial charge in [-0.05, 0) is 37.6 Å². The average molecular weight is 252 g/mol. The maximum absolute atomic E-state index is 4.64. The number of fused-ring (bicyclic) bond motifs is 1. The SMILES string of the molecule is CNc1nc2c(C)cc(C)nc2n1-c1ccccc1. The Balaban J connectivity index is 2.39. The van der Waals surface area contributed by atoms with Crippen molar-refractivity contribution in [1.29, 1.82) is 0 Å². The van der Waals surface area contributed by atoms with Crippen LogP contribution >= 0.6 is 0 Å². The van der Waals surface area contributed by atoms with Crippen LogP contribution < -0.4 is 5.32 Å². The molecule has 19 heavy (non-hydrogen) atoms. The van der Waals surface area contributed by atoms with Gasteiger partial charge >= 0.3 is 0 Å². The zero-order valence-corrected chi connectivity index (χ0v) is 11.3. The Morgan fingerprint density at radius 3 is 2.47 bits per heavy atom. The van der Waals surface area contributed by atoms with Crippen LogP contribution in [0.3, 0.4) is 0 Å². The zero-order valence-electron chi connectivity index (χ0n) is 11.3. The molecule has 3 aromatic rings. The van der Waals surface area contributed by atoms with Crippen LogP contribution in [0.2, 0.25) is 0 Å². The van der Waals surface area contributed by atoms with Crippen LogP contribution in [-0.4, -0.2) is 21.6 Å². The fourth-order valence-electron chi connectivity index (χ4n) is 2.35. The Kier molecular flexibility index (Phi) is 2.71. The van der Waals surface area contributed by atoms with Crippen molar-refractivity contribution in [2.24, 2.45) is 0 Å². The average Bonchev–Trinajstić information content (AvgIpc) is 2.78. The molecule has 0 spiro atoms. The number of hydrogen-bond acceptors (Lipinski definition) is 3. The predicted molar refractivity (Wildman–Crippen MR) is 77.9 cm³/mol. The maximum atomic E-state index is 4.64. The lowest BCUT2D eigenvalue weighted by molar-refractivity contribution is 1.05. The molecular weight excluding hydrogens is 236 g/mol. The van der Waals surface area contributed by atoms with Gasteiger partial charge in [0.2, 0.25) is 5.95 Å². The van der Waals surface area contributed by atoms with Crippen molar-refractivity contribution in [2.45, 2.75) is 13.8 Å². The molecule has 0 aliphatic heterocycles. The first kappa shape index (κ1) is 11.7. The number of imidazole rings is 1. The molecule has 0 fully saturated rings. The molecule has 3 rings (SSSR count). The first-order chi connectivity index (χ1) is 9.20. The van der Waals surface area contributed by atoms with E-state index in [1.165, 1.54) is 0 Å². The summed E-state index contributed by atoms with van der Waals surface area (Å²) < 4.78 is 2.05. The summed E-state index contributed by atoms with van der Waals surface area (Å²) in [6.07, 6.45) is 0. The highest BCUT2D eigenvalue weighted by atomic mass is 15.2. The predicted octanol–water partition coefficient (Wildman–Crippen LogP) is 3.08. The topological polar surface area (TPSA) is 42.7 Å². The molecule has 0 amide bonds. The molecule has 0 radical (unpaired) electrons. The van der Waals surface area contributed by atoms with Crippen LogP contribution in [0.25, 0.3) is 16.9 Å². The number of aromatic nitrogens is 3. The number of hydrogen-bond donors (Lipinski definition) is 1. The highest BCUT2D eigenvalue weighted by Crippen LogP contribution is 2.25. The molecule has 1 N–H and O–H groups in total. The first-order valence-electron chi connectivity index (χ1n) is 6.30. The summed E-state index contributed by atoms with van der Waals surface area (Å²) in [7, 11) is 1.88. The second-order valence-electron chi connectivity index (χ2n) is 4.61. The van der Waals surface area contributed by atoms with Crippen molar-refractivity contribution in [3.8, 4) is 5.69 Å². The Morgan fingerprint density at radius 2 is 1.79 bits per heavy atom. The lowest BCUT2D eigenvalue weighted by Gasteiger charge is -2.08. The van der Waals surface area contributed by atoms with Gasteiger partial charge in [-0.25, -0.2) is 9.97 Å². The van der Waals surface area contributed by atoms with E-state index < -0.39 is 0 Å². The number of rotatable bonds is 2. The van der Waals surface area contributed by atoms with Crippen LogP contribution in [0, 0.1) is 13.8 Å². The van der Waals surface area contributed by atoms with Crippen molar-refractivity contribution in [2.75, 3.05) is 12.4 Å². The quantitative estimate of drug-likeness (QED) is 0.762. The van der Waals surface area contributed by atoms with Gasteiger partial charge in [0.05, 0.1) is 5.69 Å². The van der Waals surface area contributed by atoms with Gasteiger partial charge in [-0.1, -0.05) is 18.2 Å². The van der Waals surface area contributed by atoms with Gasteiger partial charge in [0.15, 0.2) is 5.65 Å². The van der Waals surface area contributed by atoms with Crippen molar-refractivity contribution in [1.82, 2.24) is 14.5 Å². The van der Waals surface area contributed by atoms with Gasteiger partial charge in [-0.3, -0.25) is 4.57 Å². The number of pyridine rings is 1. The van der Waals surface area contributed by atoms with Crippen LogP contribution in [-0.2, 0) is 0 Å². The fraction of sp³-hybridized carbons (Fsp3) is 0.200. The van der Waals surface area contributed by atoms with Crippen LogP contribution in [0.4, 0.5) is 5.95 Å². The summed E-state index contributed by atoms with van der Waals surface area (Å²) in [5.74, 6) is 0.808. The minimum Gasteiger partial charge on any atom is -0.358 e. The summed E-state index contributed by atoms with van der Waals surface area (Å²) in [5.41, 5.74) is 5.05. The molecule has 0 atom stereocenters. The molecule has 1 aromatic carbocycles. The zero-order chi connectivity index (χ0) is 13.4. The first-order valence-corrected chi connectivity index (χ1v) is 6.30. The van der Waals surface area contributed by atoms with E-state index in [0.717, 1.165) is 34.1 Å². The molecule has 0 saturated carbocycles. The molecule has 0 aliphatic rings. The van der Waals surface area contributed by atoms with Gasteiger partial charge in [-0.2, -0.15) is 0 Å². The fourth-order valence-corrected chi connectivity index (χ4v) is 2.35. The minimum atomic E-state index is 0.808. The Morgan fingerprint density at radius 1 is 1.05 bits per heavy atom. The van der Waals surface area contributed by atoms with Crippen LogP contribution in [0.1, 0.15) is 11.3 Å². The standard InChI is InChI=1S/C15H16N4/c1-10-9-11(2)17-14-13(10)18-15(16-3)19(14)12-7-5-4-6-8-12/h4-9H,1-3H3,(H,16,18). The third kappa shape index (κ3) is 1.85. The van der Waals surface area contributed by atoms with Gasteiger partial charge in [0.1, 0.15) is 5.52 Å². The Hall–Kier alpha value is -2.36. The van der Waals surface area contributed by atoms with E-state index in [-0.39, 0.29) is 0 Å². The molecule has 2 aromatic heterocycles. The van der Waals surface area contributed by atoms with Crippen LogP contribution in [0.5, 0.6) is 0 Å². The normalized spacial score (nSPS) is 10.9. The second-order valence-corrected chi connectivity index (χ2v) is 4.61. The van der Waals surface area contributed by atoms with Gasteiger partial charge in [0, 0.05) is 12.7 Å². The number of anilines is 1. The molecule has 0 saturated heterocycles. The van der Waals surface area contributed by atoms with Gasteiger partial charge in [-0.15, -0.1) is 0 Å². The summed E-state index contributed by atoms with van der Waals surface area (Å²) in [6, 6.07) is 12.2. The summed E-state index contributed by atoms with van der Waals surface area (Å²) in [4.78, 5) is 9.28. The highest BCUT2D eigenvalue weighted by molar-refractivity contribution is 5.80. The third-order valence-electron chi connectivity index (χ3n) is 3.17. The van der Waals surface area contributed by atoms with Crippen molar-refractivity contribution < 1.29 is 0 Å². The summed E-state index contributed by atoms with van der Waals surface area (Å²) in [5, 5.41) is 3.14. The van der Waals surface area contributed by atoms with Gasteiger partial charge < -0.3 is 5.32 Å². The number of benzene rings is 1.